The van der Waals surface area contributed by atoms with Crippen LogP contribution in [0.25, 0.3) is 16.9 Å². The Bertz CT molecular complexity index is 1270. The van der Waals surface area contributed by atoms with E-state index in [4.69, 9.17) is 4.98 Å². The van der Waals surface area contributed by atoms with Gasteiger partial charge in [0.05, 0.1) is 28.4 Å². The maximum absolute atomic E-state index is 12.3. The number of aromatic carboxylic acids is 2. The van der Waals surface area contributed by atoms with E-state index in [0.717, 1.165) is 24.1 Å². The number of carboxylic acid groups (broad SMARTS) is 2. The lowest BCUT2D eigenvalue weighted by atomic mass is 9.90. The van der Waals surface area contributed by atoms with Crippen molar-refractivity contribution in [3.8, 4) is 11.8 Å². The number of pyridine rings is 1. The van der Waals surface area contributed by atoms with Crippen LogP contribution >= 0.6 is 0 Å². The summed E-state index contributed by atoms with van der Waals surface area (Å²) in [5.74, 6) is -1.87. The Balaban J connectivity index is 2.28. The van der Waals surface area contributed by atoms with Gasteiger partial charge in [0.25, 0.3) is 0 Å². The van der Waals surface area contributed by atoms with Gasteiger partial charge in [-0.1, -0.05) is 0 Å². The molecule has 2 N–H and O–H groups in total. The highest BCUT2D eigenvalue weighted by Crippen LogP contribution is 2.43. The van der Waals surface area contributed by atoms with Gasteiger partial charge in [0, 0.05) is 11.6 Å². The minimum atomic E-state index is -1.30. The topological polar surface area (TPSA) is 129 Å². The van der Waals surface area contributed by atoms with Crippen LogP contribution in [0.1, 0.15) is 73.2 Å². The van der Waals surface area contributed by atoms with Gasteiger partial charge in [-0.05, 0) is 63.3 Å². The van der Waals surface area contributed by atoms with Crippen LogP contribution in [0.3, 0.4) is 0 Å². The van der Waals surface area contributed by atoms with Gasteiger partial charge in [-0.2, -0.15) is 5.26 Å². The quantitative estimate of drug-likeness (QED) is 0.676. The highest BCUT2D eigenvalue weighted by atomic mass is 16.4. The molecule has 0 amide bonds. The Hall–Kier alpha value is -3.73. The Kier molecular flexibility index (Phi) is 4.35. The van der Waals surface area contributed by atoms with E-state index in [2.05, 4.69) is 4.98 Å². The summed E-state index contributed by atoms with van der Waals surface area (Å²) >= 11 is 0. The van der Waals surface area contributed by atoms with Gasteiger partial charge in [-0.15, -0.1) is 0 Å². The van der Waals surface area contributed by atoms with Crippen molar-refractivity contribution < 1.29 is 19.8 Å². The van der Waals surface area contributed by atoms with E-state index in [1.54, 1.807) is 4.57 Å². The number of nitrogens with zero attached hydrogens (tertiary/aromatic N) is 4. The fourth-order valence-corrected chi connectivity index (χ4v) is 4.14. The number of benzene rings is 1. The second kappa shape index (κ2) is 6.66. The molecule has 0 saturated heterocycles. The third-order valence-electron chi connectivity index (χ3n) is 5.64. The number of rotatable bonds is 4. The molecule has 0 aliphatic heterocycles. The normalized spacial score (nSPS) is 13.4. The van der Waals surface area contributed by atoms with Gasteiger partial charge in [-0.3, -0.25) is 4.57 Å². The van der Waals surface area contributed by atoms with Crippen molar-refractivity contribution in [1.82, 2.24) is 14.5 Å². The molecule has 8 heteroatoms. The fraction of sp³-hybridized carbons (Fsp3) is 0.318. The van der Waals surface area contributed by atoms with Crippen molar-refractivity contribution in [2.75, 3.05) is 0 Å². The number of fused-ring (bicyclic) bond motifs is 1. The molecule has 1 aliphatic rings. The van der Waals surface area contributed by atoms with Gasteiger partial charge >= 0.3 is 11.9 Å². The number of imidazole rings is 1. The largest absolute Gasteiger partial charge is 0.478 e. The Morgan fingerprint density at radius 1 is 1.07 bits per heavy atom. The highest BCUT2D eigenvalue weighted by molar-refractivity contribution is 6.04. The van der Waals surface area contributed by atoms with E-state index in [1.165, 1.54) is 13.8 Å². The van der Waals surface area contributed by atoms with Gasteiger partial charge in [-0.25, -0.2) is 19.6 Å². The summed E-state index contributed by atoms with van der Waals surface area (Å²) < 4.78 is 1.60. The molecule has 0 spiro atoms. The van der Waals surface area contributed by atoms with E-state index in [-0.39, 0.29) is 39.4 Å². The molecule has 1 saturated carbocycles. The van der Waals surface area contributed by atoms with Crippen molar-refractivity contribution >= 4 is 23.1 Å². The lowest BCUT2D eigenvalue weighted by Crippen LogP contribution is -2.19. The molecule has 1 aliphatic carbocycles. The van der Waals surface area contributed by atoms with E-state index < -0.39 is 11.9 Å². The molecular formula is C22H20N4O4. The number of hydrogen-bond acceptors (Lipinski definition) is 5. The molecule has 0 atom stereocenters. The maximum Gasteiger partial charge on any atom is 0.338 e. The zero-order valence-corrected chi connectivity index (χ0v) is 17.1. The molecule has 3 aromatic rings. The average molecular weight is 404 g/mol. The minimum absolute atomic E-state index is 0.0194. The molecule has 1 fully saturated rings. The minimum Gasteiger partial charge on any atom is -0.478 e. The number of aromatic nitrogens is 3. The summed E-state index contributed by atoms with van der Waals surface area (Å²) in [6, 6.07) is 3.86. The molecule has 4 rings (SSSR count). The maximum atomic E-state index is 12.3. The first-order valence-electron chi connectivity index (χ1n) is 9.58. The number of carboxylic acids is 2. The summed E-state index contributed by atoms with van der Waals surface area (Å²) in [6.07, 6.45) is 1.78. The van der Waals surface area contributed by atoms with Gasteiger partial charge < -0.3 is 10.2 Å². The van der Waals surface area contributed by atoms with Crippen LogP contribution < -0.4 is 0 Å². The Morgan fingerprint density at radius 3 is 2.10 bits per heavy atom. The number of aryl methyl sites for hydroxylation is 2. The van der Waals surface area contributed by atoms with E-state index in [0.29, 0.717) is 17.0 Å². The predicted molar refractivity (Wildman–Crippen MR) is 108 cm³/mol. The fourth-order valence-electron chi connectivity index (χ4n) is 4.14. The van der Waals surface area contributed by atoms with Crippen LogP contribution in [-0.4, -0.2) is 36.7 Å². The van der Waals surface area contributed by atoms with Crippen molar-refractivity contribution in [3.63, 3.8) is 0 Å². The van der Waals surface area contributed by atoms with Crippen molar-refractivity contribution in [2.24, 2.45) is 0 Å². The lowest BCUT2D eigenvalue weighted by Gasteiger charge is -2.20. The molecule has 0 radical (unpaired) electrons. The third-order valence-corrected chi connectivity index (χ3v) is 5.64. The molecule has 8 nitrogen and oxygen atoms in total. The summed E-state index contributed by atoms with van der Waals surface area (Å²) in [5.41, 5.74) is 2.78. The molecule has 1 aromatic carbocycles. The van der Waals surface area contributed by atoms with Gasteiger partial charge in [0.1, 0.15) is 11.3 Å². The van der Waals surface area contributed by atoms with E-state index in [1.807, 2.05) is 26.0 Å². The summed E-state index contributed by atoms with van der Waals surface area (Å²) in [5, 5.41) is 29.6. The lowest BCUT2D eigenvalue weighted by molar-refractivity contribution is 0.0695. The van der Waals surface area contributed by atoms with E-state index >= 15 is 0 Å². The van der Waals surface area contributed by atoms with E-state index in [9.17, 15) is 25.1 Å². The number of nitriles is 1. The van der Waals surface area contributed by atoms with Crippen LogP contribution in [0.15, 0.2) is 6.07 Å². The van der Waals surface area contributed by atoms with Gasteiger partial charge in [0.2, 0.25) is 0 Å². The first kappa shape index (κ1) is 19.6. The second-order valence-corrected chi connectivity index (χ2v) is 7.78. The summed E-state index contributed by atoms with van der Waals surface area (Å²) in [6.45, 7) is 6.79. The first-order chi connectivity index (χ1) is 14.2. The molecule has 2 heterocycles. The van der Waals surface area contributed by atoms with Crippen LogP contribution in [0.2, 0.25) is 0 Å². The van der Waals surface area contributed by atoms with Crippen LogP contribution in [0.4, 0.5) is 0 Å². The molecular weight excluding hydrogens is 384 g/mol. The molecule has 0 bridgehead atoms. The standard InChI is InChI=1S/C22H20N4O4/c1-9-7-10(2)24-20-17(9)25-19(13-5-6-13)26(20)18-15(21(27)28)11(3)14(8-23)12(4)16(18)22(29)30/h7,13H,5-6H2,1-4H3,(H,27,28)(H,29,30). The second-order valence-electron chi connectivity index (χ2n) is 7.78. The van der Waals surface area contributed by atoms with Crippen LogP contribution in [0.5, 0.6) is 0 Å². The smallest absolute Gasteiger partial charge is 0.338 e. The van der Waals surface area contributed by atoms with Crippen LogP contribution in [0, 0.1) is 39.0 Å². The average Bonchev–Trinajstić information content (AvgIpc) is 3.41. The molecule has 2 aromatic heterocycles. The van der Waals surface area contributed by atoms with Crippen molar-refractivity contribution in [1.29, 1.82) is 5.26 Å². The first-order valence-corrected chi connectivity index (χ1v) is 9.58. The van der Waals surface area contributed by atoms with Crippen LogP contribution in [-0.2, 0) is 0 Å². The Morgan fingerprint density at radius 2 is 1.63 bits per heavy atom. The number of hydrogen-bond donors (Lipinski definition) is 2. The highest BCUT2D eigenvalue weighted by Gasteiger charge is 2.36. The van der Waals surface area contributed by atoms with Crippen molar-refractivity contribution in [3.05, 3.63) is 51.0 Å². The third kappa shape index (κ3) is 2.74. The Labute approximate surface area is 172 Å². The zero-order chi connectivity index (χ0) is 21.9. The predicted octanol–water partition coefficient (Wildman–Crippen LogP) is 3.80. The van der Waals surface area contributed by atoms with Gasteiger partial charge in [0.15, 0.2) is 5.65 Å². The molecule has 30 heavy (non-hydrogen) atoms. The molecule has 152 valence electrons. The summed E-state index contributed by atoms with van der Waals surface area (Å²) in [4.78, 5) is 33.9. The monoisotopic (exact) mass is 404 g/mol. The SMILES string of the molecule is Cc1cc(C)c2nc(C3CC3)n(-c3c(C(=O)O)c(C)c(C#N)c(C)c3C(=O)O)c2n1. The summed E-state index contributed by atoms with van der Waals surface area (Å²) in [7, 11) is 0. The van der Waals surface area contributed by atoms with Crippen molar-refractivity contribution in [2.45, 2.75) is 46.5 Å². The molecule has 0 unspecified atom stereocenters. The zero-order valence-electron chi connectivity index (χ0n) is 17.1. The number of carbonyl (C=O) groups is 2.